The van der Waals surface area contributed by atoms with Crippen LogP contribution in [0.15, 0.2) is 48.7 Å². The largest absolute Gasteiger partial charge is 0.494 e. The fourth-order valence-electron chi connectivity index (χ4n) is 4.17. The lowest BCUT2D eigenvalue weighted by atomic mass is 10.1. The number of aliphatic hydroxyl groups excluding tert-OH is 1. The molecule has 1 saturated carbocycles. The highest BCUT2D eigenvalue weighted by Gasteiger charge is 2.36. The van der Waals surface area contributed by atoms with Crippen molar-refractivity contribution in [3.05, 3.63) is 65.1 Å². The van der Waals surface area contributed by atoms with Gasteiger partial charge in [0.1, 0.15) is 17.6 Å². The van der Waals surface area contributed by atoms with Crippen molar-refractivity contribution in [2.75, 3.05) is 44.5 Å². The number of rotatable bonds is 10. The third kappa shape index (κ3) is 6.35. The van der Waals surface area contributed by atoms with Gasteiger partial charge in [0.2, 0.25) is 5.91 Å². The van der Waals surface area contributed by atoms with Gasteiger partial charge in [-0.2, -0.15) is 5.26 Å². The van der Waals surface area contributed by atoms with Crippen molar-refractivity contribution in [1.82, 2.24) is 9.88 Å². The third-order valence-electron chi connectivity index (χ3n) is 6.29. The topological polar surface area (TPSA) is 111 Å². The van der Waals surface area contributed by atoms with Crippen LogP contribution in [-0.2, 0) is 4.79 Å². The Bertz CT molecular complexity index is 1390. The van der Waals surface area contributed by atoms with E-state index in [0.717, 1.165) is 13.0 Å². The second-order valence-corrected chi connectivity index (χ2v) is 9.44. The zero-order valence-corrected chi connectivity index (χ0v) is 21.2. The molecule has 0 saturated heterocycles. The van der Waals surface area contributed by atoms with Crippen molar-refractivity contribution in [2.45, 2.75) is 6.42 Å². The molecule has 8 nitrogen and oxygen atoms in total. The van der Waals surface area contributed by atoms with Crippen molar-refractivity contribution in [3.8, 4) is 11.8 Å². The van der Waals surface area contributed by atoms with E-state index < -0.39 is 5.82 Å². The second kappa shape index (κ2) is 11.6. The summed E-state index contributed by atoms with van der Waals surface area (Å²) in [7, 11) is 3.46. The van der Waals surface area contributed by atoms with E-state index >= 15 is 0 Å². The Morgan fingerprint density at radius 1 is 1.38 bits per heavy atom. The molecule has 2 atom stereocenters. The Balaban J connectivity index is 1.55. The summed E-state index contributed by atoms with van der Waals surface area (Å²) in [5, 5.41) is 25.3. The number of benzene rings is 2. The molecule has 10 heteroatoms. The van der Waals surface area contributed by atoms with Gasteiger partial charge in [-0.1, -0.05) is 17.7 Å². The molecular weight excluding hydrogens is 497 g/mol. The quantitative estimate of drug-likeness (QED) is 0.330. The molecule has 0 spiro atoms. The Kier molecular flexibility index (Phi) is 8.24. The minimum atomic E-state index is -0.553. The Morgan fingerprint density at radius 3 is 2.86 bits per heavy atom. The van der Waals surface area contributed by atoms with Gasteiger partial charge >= 0.3 is 0 Å². The number of hydrogen-bond donors (Lipinski definition) is 3. The van der Waals surface area contributed by atoms with E-state index in [2.05, 4.69) is 26.6 Å². The molecule has 3 aromatic rings. The summed E-state index contributed by atoms with van der Waals surface area (Å²) in [4.78, 5) is 19.1. The van der Waals surface area contributed by atoms with Gasteiger partial charge in [-0.15, -0.1) is 0 Å². The van der Waals surface area contributed by atoms with Gasteiger partial charge in [-0.25, -0.2) is 4.39 Å². The van der Waals surface area contributed by atoms with Crippen LogP contribution in [0.3, 0.4) is 0 Å². The van der Waals surface area contributed by atoms with E-state index in [4.69, 9.17) is 16.3 Å². The first-order chi connectivity index (χ1) is 17.8. The fourth-order valence-corrected chi connectivity index (χ4v) is 4.35. The normalized spacial score (nSPS) is 16.7. The van der Waals surface area contributed by atoms with Gasteiger partial charge < -0.3 is 25.4 Å². The smallest absolute Gasteiger partial charge is 0.248 e. The van der Waals surface area contributed by atoms with Crippen LogP contribution in [-0.4, -0.2) is 54.8 Å². The first kappa shape index (κ1) is 26.4. The van der Waals surface area contributed by atoms with Crippen LogP contribution in [0.1, 0.15) is 12.0 Å². The molecule has 1 amide bonds. The van der Waals surface area contributed by atoms with Crippen LogP contribution in [0.2, 0.25) is 5.02 Å². The van der Waals surface area contributed by atoms with Crippen LogP contribution < -0.4 is 15.4 Å². The highest BCUT2D eigenvalue weighted by molar-refractivity contribution is 6.31. The van der Waals surface area contributed by atoms with Crippen LogP contribution in [0.5, 0.6) is 5.75 Å². The first-order valence-corrected chi connectivity index (χ1v) is 12.1. The highest BCUT2D eigenvalue weighted by Crippen LogP contribution is 2.38. The molecular formula is C27H27ClFN5O3. The van der Waals surface area contributed by atoms with E-state index in [1.807, 2.05) is 7.05 Å². The number of nitriles is 1. The predicted octanol–water partition coefficient (Wildman–Crippen LogP) is 4.71. The van der Waals surface area contributed by atoms with Crippen LogP contribution in [0, 0.1) is 29.0 Å². The lowest BCUT2D eigenvalue weighted by Crippen LogP contribution is -2.22. The molecule has 1 aliphatic carbocycles. The zero-order chi connectivity index (χ0) is 26.5. The van der Waals surface area contributed by atoms with Crippen molar-refractivity contribution < 1.29 is 19.0 Å². The van der Waals surface area contributed by atoms with Gasteiger partial charge in [0.05, 0.1) is 34.6 Å². The zero-order valence-electron chi connectivity index (χ0n) is 20.5. The van der Waals surface area contributed by atoms with Gasteiger partial charge in [0, 0.05) is 49.1 Å². The summed E-state index contributed by atoms with van der Waals surface area (Å²) in [6.07, 6.45) is 5.71. The van der Waals surface area contributed by atoms with E-state index in [9.17, 15) is 19.6 Å². The molecule has 0 radical (unpaired) electrons. The van der Waals surface area contributed by atoms with Crippen molar-refractivity contribution in [1.29, 1.82) is 5.26 Å². The van der Waals surface area contributed by atoms with E-state index in [-0.39, 0.29) is 23.1 Å². The molecule has 1 aromatic heterocycles. The Labute approximate surface area is 219 Å². The molecule has 37 heavy (non-hydrogen) atoms. The fraction of sp³-hybridized carbons (Fsp3) is 0.296. The van der Waals surface area contributed by atoms with Crippen molar-refractivity contribution in [3.63, 3.8) is 0 Å². The number of anilines is 3. The van der Waals surface area contributed by atoms with Gasteiger partial charge in [0.15, 0.2) is 0 Å². The Morgan fingerprint density at radius 2 is 2.19 bits per heavy atom. The Hall–Kier alpha value is -3.71. The molecule has 1 fully saturated rings. The molecule has 0 aliphatic heterocycles. The van der Waals surface area contributed by atoms with Crippen LogP contribution >= 0.6 is 11.6 Å². The lowest BCUT2D eigenvalue weighted by molar-refractivity contribution is -0.111. The maximum atomic E-state index is 13.6. The predicted molar refractivity (Wildman–Crippen MR) is 142 cm³/mol. The summed E-state index contributed by atoms with van der Waals surface area (Å²) < 4.78 is 19.1. The number of pyridine rings is 1. The third-order valence-corrected chi connectivity index (χ3v) is 6.58. The minimum absolute atomic E-state index is 0.0562. The number of ether oxygens (including phenoxy) is 1. The van der Waals surface area contributed by atoms with E-state index in [1.54, 1.807) is 18.2 Å². The number of carbonyl (C=O) groups is 1. The van der Waals surface area contributed by atoms with Crippen LogP contribution in [0.25, 0.3) is 10.9 Å². The molecule has 192 valence electrons. The van der Waals surface area contributed by atoms with Crippen LogP contribution in [0.4, 0.5) is 21.5 Å². The monoisotopic (exact) mass is 523 g/mol. The van der Waals surface area contributed by atoms with Gasteiger partial charge in [0.25, 0.3) is 0 Å². The SMILES string of the molecule is COc1cc2ncc(C#N)c(Nc3ccc(F)c(Cl)c3)c2cc1NC(=O)C=CCN(C)CC1CC1CO. The number of carbonyl (C=O) groups excluding carboxylic acids is 1. The number of aromatic nitrogens is 1. The molecule has 0 bridgehead atoms. The molecule has 2 unspecified atom stereocenters. The number of fused-ring (bicyclic) bond motifs is 1. The summed E-state index contributed by atoms with van der Waals surface area (Å²) in [6.45, 7) is 1.70. The summed E-state index contributed by atoms with van der Waals surface area (Å²) in [5.74, 6) is 0.423. The number of amides is 1. The average molecular weight is 524 g/mol. The number of methoxy groups -OCH3 is 1. The van der Waals surface area contributed by atoms with Gasteiger partial charge in [-0.3, -0.25) is 9.78 Å². The maximum Gasteiger partial charge on any atom is 0.248 e. The highest BCUT2D eigenvalue weighted by atomic mass is 35.5. The molecule has 1 heterocycles. The number of aliphatic hydroxyl groups is 1. The maximum absolute atomic E-state index is 13.6. The van der Waals surface area contributed by atoms with Crippen molar-refractivity contribution >= 4 is 45.5 Å². The van der Waals surface area contributed by atoms with E-state index in [1.165, 1.54) is 37.6 Å². The van der Waals surface area contributed by atoms with Crippen molar-refractivity contribution in [2.24, 2.45) is 11.8 Å². The summed E-state index contributed by atoms with van der Waals surface area (Å²) in [6, 6.07) is 9.61. The molecule has 4 rings (SSSR count). The molecule has 3 N–H and O–H groups in total. The number of nitrogens with zero attached hydrogens (tertiary/aromatic N) is 3. The standard InChI is InChI=1S/C27H27ClFN5O3/c1-34(14-16-8-17(16)15-35)7-3-4-26(36)33-24-10-20-23(11-25(24)37-2)31-13-18(12-30)27(20)32-19-5-6-22(29)21(28)9-19/h3-6,9-11,13,16-17,35H,7-8,14-15H2,1-2H3,(H,31,32)(H,33,36). The number of hydrogen-bond acceptors (Lipinski definition) is 7. The first-order valence-electron chi connectivity index (χ1n) is 11.7. The lowest BCUT2D eigenvalue weighted by Gasteiger charge is -2.15. The molecule has 1 aliphatic rings. The number of nitrogens with one attached hydrogen (secondary N) is 2. The number of likely N-dealkylation sites (N-methyl/N-ethyl adjacent to an activating group) is 1. The average Bonchev–Trinajstić information content (AvgIpc) is 3.64. The minimum Gasteiger partial charge on any atom is -0.494 e. The second-order valence-electron chi connectivity index (χ2n) is 9.03. The number of halogens is 2. The molecule has 2 aromatic carbocycles. The van der Waals surface area contributed by atoms with Gasteiger partial charge in [-0.05, 0) is 49.6 Å². The van der Waals surface area contributed by atoms with E-state index in [0.29, 0.717) is 52.1 Å². The summed E-state index contributed by atoms with van der Waals surface area (Å²) in [5.41, 5.74) is 2.12. The summed E-state index contributed by atoms with van der Waals surface area (Å²) >= 11 is 5.92.